The Labute approximate surface area is 70.1 Å². The monoisotopic (exact) mass is 181 g/mol. The summed E-state index contributed by atoms with van der Waals surface area (Å²) in [4.78, 5) is 0. The predicted molar refractivity (Wildman–Crippen MR) is 40.6 cm³/mol. The average molecular weight is 181 g/mol. The topological polar surface area (TPSA) is 26.0 Å². The van der Waals surface area contributed by atoms with E-state index in [2.05, 4.69) is 0 Å². The van der Waals surface area contributed by atoms with Crippen molar-refractivity contribution in [2.24, 2.45) is 11.7 Å². The Hall–Kier alpha value is -0.250. The fraction of sp³-hybridized carbons (Fsp3) is 1.00. The van der Waals surface area contributed by atoms with E-state index in [-0.39, 0.29) is 12.3 Å². The van der Waals surface area contributed by atoms with Crippen LogP contribution in [0.1, 0.15) is 32.1 Å². The lowest BCUT2D eigenvalue weighted by atomic mass is 9.99. The van der Waals surface area contributed by atoms with Crippen molar-refractivity contribution in [2.45, 2.75) is 44.3 Å². The van der Waals surface area contributed by atoms with Gasteiger partial charge < -0.3 is 5.73 Å². The second kappa shape index (κ2) is 3.64. The van der Waals surface area contributed by atoms with E-state index in [0.717, 1.165) is 25.7 Å². The van der Waals surface area contributed by atoms with Crippen LogP contribution in [0.25, 0.3) is 0 Å². The van der Waals surface area contributed by atoms with Crippen molar-refractivity contribution in [1.82, 2.24) is 0 Å². The minimum Gasteiger partial charge on any atom is -0.320 e. The van der Waals surface area contributed by atoms with Crippen molar-refractivity contribution >= 4 is 0 Å². The van der Waals surface area contributed by atoms with Gasteiger partial charge in [0.2, 0.25) is 0 Å². The van der Waals surface area contributed by atoms with Crippen LogP contribution in [0.4, 0.5) is 13.2 Å². The van der Waals surface area contributed by atoms with E-state index in [4.69, 9.17) is 5.73 Å². The first-order chi connectivity index (χ1) is 5.50. The van der Waals surface area contributed by atoms with Gasteiger partial charge in [0, 0.05) is 0 Å². The Morgan fingerprint density at radius 3 is 2.17 bits per heavy atom. The Morgan fingerprint density at radius 2 is 1.75 bits per heavy atom. The molecule has 1 aliphatic carbocycles. The third-order valence-corrected chi connectivity index (χ3v) is 2.48. The molecule has 1 nitrogen and oxygen atoms in total. The zero-order valence-electron chi connectivity index (χ0n) is 6.90. The van der Waals surface area contributed by atoms with Gasteiger partial charge in [-0.2, -0.15) is 13.2 Å². The Kier molecular flexibility index (Phi) is 2.99. The van der Waals surface area contributed by atoms with Crippen LogP contribution < -0.4 is 5.73 Å². The van der Waals surface area contributed by atoms with E-state index < -0.39 is 12.2 Å². The first kappa shape index (κ1) is 9.84. The maximum atomic E-state index is 12.0. The van der Waals surface area contributed by atoms with Crippen molar-refractivity contribution in [3.63, 3.8) is 0 Å². The molecule has 0 amide bonds. The number of nitrogens with two attached hydrogens (primary N) is 1. The summed E-state index contributed by atoms with van der Waals surface area (Å²) in [6.45, 7) is 0. The first-order valence-electron chi connectivity index (χ1n) is 4.32. The molecular formula is C8H14F3N. The molecule has 0 aromatic heterocycles. The second-order valence-corrected chi connectivity index (χ2v) is 3.53. The molecule has 0 saturated heterocycles. The van der Waals surface area contributed by atoms with E-state index in [1.165, 1.54) is 0 Å². The molecule has 0 heterocycles. The van der Waals surface area contributed by atoms with Crippen LogP contribution in [0.2, 0.25) is 0 Å². The summed E-state index contributed by atoms with van der Waals surface area (Å²) in [7, 11) is 0. The molecule has 0 radical (unpaired) electrons. The highest BCUT2D eigenvalue weighted by molar-refractivity contribution is 4.77. The third kappa shape index (κ3) is 2.66. The normalized spacial score (nSPS) is 23.0. The zero-order valence-corrected chi connectivity index (χ0v) is 6.90. The molecule has 0 bridgehead atoms. The van der Waals surface area contributed by atoms with E-state index in [1.807, 2.05) is 0 Å². The molecule has 1 aliphatic rings. The molecular weight excluding hydrogens is 167 g/mol. The lowest BCUT2D eigenvalue weighted by molar-refractivity contribution is -0.151. The third-order valence-electron chi connectivity index (χ3n) is 2.48. The predicted octanol–water partition coefficient (Wildman–Crippen LogP) is 2.46. The van der Waals surface area contributed by atoms with Crippen LogP contribution in [0.15, 0.2) is 0 Å². The van der Waals surface area contributed by atoms with E-state index in [1.54, 1.807) is 0 Å². The minimum atomic E-state index is -4.21. The zero-order chi connectivity index (χ0) is 9.19. The molecule has 72 valence electrons. The number of halogens is 3. The summed E-state index contributed by atoms with van der Waals surface area (Å²) < 4.78 is 35.9. The summed E-state index contributed by atoms with van der Waals surface area (Å²) in [6, 6.07) is -1.61. The summed E-state index contributed by atoms with van der Waals surface area (Å²) in [5.74, 6) is 0.210. The van der Waals surface area contributed by atoms with Gasteiger partial charge in [-0.3, -0.25) is 0 Å². The molecule has 0 aliphatic heterocycles. The molecule has 1 unspecified atom stereocenters. The van der Waals surface area contributed by atoms with Gasteiger partial charge in [0.05, 0.1) is 0 Å². The van der Waals surface area contributed by atoms with Gasteiger partial charge >= 0.3 is 6.18 Å². The number of rotatable bonds is 2. The lowest BCUT2D eigenvalue weighted by Gasteiger charge is -2.18. The largest absolute Gasteiger partial charge is 0.403 e. The van der Waals surface area contributed by atoms with Crippen LogP contribution in [0.3, 0.4) is 0 Å². The maximum absolute atomic E-state index is 12.0. The fourth-order valence-corrected chi connectivity index (χ4v) is 1.74. The quantitative estimate of drug-likeness (QED) is 0.695. The Bertz CT molecular complexity index is 138. The van der Waals surface area contributed by atoms with Crippen molar-refractivity contribution in [3.05, 3.63) is 0 Å². The van der Waals surface area contributed by atoms with Gasteiger partial charge in [0.15, 0.2) is 0 Å². The summed E-state index contributed by atoms with van der Waals surface area (Å²) in [5, 5.41) is 0. The van der Waals surface area contributed by atoms with Gasteiger partial charge in [-0.1, -0.05) is 25.7 Å². The molecule has 2 N–H and O–H groups in total. The Morgan fingerprint density at radius 1 is 1.25 bits per heavy atom. The highest BCUT2D eigenvalue weighted by Gasteiger charge is 2.38. The molecule has 1 fully saturated rings. The highest BCUT2D eigenvalue weighted by atomic mass is 19.4. The summed E-state index contributed by atoms with van der Waals surface area (Å²) in [5.41, 5.74) is 5.01. The van der Waals surface area contributed by atoms with Crippen LogP contribution >= 0.6 is 0 Å². The summed E-state index contributed by atoms with van der Waals surface area (Å²) >= 11 is 0. The fourth-order valence-electron chi connectivity index (χ4n) is 1.74. The van der Waals surface area contributed by atoms with Gasteiger partial charge in [0.1, 0.15) is 6.04 Å². The average Bonchev–Trinajstić information content (AvgIpc) is 2.37. The van der Waals surface area contributed by atoms with E-state index >= 15 is 0 Å². The van der Waals surface area contributed by atoms with Crippen LogP contribution in [-0.4, -0.2) is 12.2 Å². The minimum absolute atomic E-state index is 0.115. The van der Waals surface area contributed by atoms with Crippen LogP contribution in [-0.2, 0) is 0 Å². The molecule has 0 spiro atoms. The van der Waals surface area contributed by atoms with Gasteiger partial charge in [-0.05, 0) is 12.3 Å². The molecule has 0 aromatic carbocycles. The number of hydrogen-bond donors (Lipinski definition) is 1. The van der Waals surface area contributed by atoms with Crippen molar-refractivity contribution < 1.29 is 13.2 Å². The number of alkyl halides is 3. The molecule has 4 heteroatoms. The molecule has 0 aromatic rings. The standard InChI is InChI=1S/C8H14F3N/c9-8(10,11)7(12)5-6-3-1-2-4-6/h6-7H,1-5,12H2. The molecule has 1 atom stereocenters. The molecule has 1 rings (SSSR count). The van der Waals surface area contributed by atoms with Crippen molar-refractivity contribution in [2.75, 3.05) is 0 Å². The first-order valence-corrected chi connectivity index (χ1v) is 4.32. The van der Waals surface area contributed by atoms with E-state index in [0.29, 0.717) is 0 Å². The van der Waals surface area contributed by atoms with Crippen LogP contribution in [0.5, 0.6) is 0 Å². The van der Waals surface area contributed by atoms with Gasteiger partial charge in [-0.15, -0.1) is 0 Å². The van der Waals surface area contributed by atoms with Crippen molar-refractivity contribution in [3.8, 4) is 0 Å². The lowest BCUT2D eigenvalue weighted by Crippen LogP contribution is -2.38. The molecule has 1 saturated carbocycles. The van der Waals surface area contributed by atoms with Crippen LogP contribution in [0, 0.1) is 5.92 Å². The van der Waals surface area contributed by atoms with Crippen molar-refractivity contribution in [1.29, 1.82) is 0 Å². The molecule has 12 heavy (non-hydrogen) atoms. The highest BCUT2D eigenvalue weighted by Crippen LogP contribution is 2.32. The summed E-state index contributed by atoms with van der Waals surface area (Å²) in [6.07, 6.45) is -0.121. The second-order valence-electron chi connectivity index (χ2n) is 3.53. The Balaban J connectivity index is 2.30. The van der Waals surface area contributed by atoms with E-state index in [9.17, 15) is 13.2 Å². The number of hydrogen-bond acceptors (Lipinski definition) is 1. The SMILES string of the molecule is NC(CC1CCCC1)C(F)(F)F. The smallest absolute Gasteiger partial charge is 0.320 e. The van der Waals surface area contributed by atoms with Gasteiger partial charge in [-0.25, -0.2) is 0 Å². The maximum Gasteiger partial charge on any atom is 0.403 e. The van der Waals surface area contributed by atoms with Gasteiger partial charge in [0.25, 0.3) is 0 Å².